The van der Waals surface area contributed by atoms with Crippen molar-refractivity contribution in [2.45, 2.75) is 26.2 Å². The van der Waals surface area contributed by atoms with Crippen molar-refractivity contribution in [2.24, 2.45) is 0 Å². The zero-order valence-electron chi connectivity index (χ0n) is 15.2. The molecule has 0 N–H and O–H groups in total. The van der Waals surface area contributed by atoms with E-state index in [1.807, 2.05) is 24.3 Å². The molecule has 2 aromatic carbocycles. The summed E-state index contributed by atoms with van der Waals surface area (Å²) in [6, 6.07) is 11.3. The van der Waals surface area contributed by atoms with Gasteiger partial charge in [0.05, 0.1) is 30.8 Å². The van der Waals surface area contributed by atoms with Gasteiger partial charge in [0, 0.05) is 6.07 Å². The summed E-state index contributed by atoms with van der Waals surface area (Å²) < 4.78 is 12.1. The first-order valence-corrected chi connectivity index (χ1v) is 8.09. The molecule has 0 spiro atoms. The van der Waals surface area contributed by atoms with E-state index in [4.69, 9.17) is 9.47 Å². The Balaban J connectivity index is 2.14. The summed E-state index contributed by atoms with van der Waals surface area (Å²) in [7, 11) is 3.10. The Hall–Kier alpha value is -2.82. The molecule has 0 saturated carbocycles. The summed E-state index contributed by atoms with van der Waals surface area (Å²) in [6.45, 7) is 6.47. The summed E-state index contributed by atoms with van der Waals surface area (Å²) in [6.07, 6.45) is 1.54. The highest BCUT2D eigenvalue weighted by Gasteiger charge is 2.15. The molecule has 0 bridgehead atoms. The van der Waals surface area contributed by atoms with Crippen LogP contribution in [0.5, 0.6) is 11.5 Å². The lowest BCUT2D eigenvalue weighted by Crippen LogP contribution is -2.19. The Labute approximate surface area is 146 Å². The number of fused-ring (bicyclic) bond motifs is 1. The van der Waals surface area contributed by atoms with E-state index in [0.717, 1.165) is 5.69 Å². The first-order chi connectivity index (χ1) is 11.8. The van der Waals surface area contributed by atoms with Crippen LogP contribution >= 0.6 is 0 Å². The summed E-state index contributed by atoms with van der Waals surface area (Å²) in [5.74, 6) is 1.06. The molecule has 1 heterocycles. The number of ether oxygens (including phenoxy) is 2. The average molecular weight is 338 g/mol. The van der Waals surface area contributed by atoms with Crippen molar-refractivity contribution in [3.8, 4) is 17.2 Å². The normalized spacial score (nSPS) is 11.6. The van der Waals surface area contributed by atoms with Gasteiger partial charge in [-0.2, -0.15) is 0 Å². The molecule has 1 aromatic heterocycles. The number of aromatic nitrogens is 2. The lowest BCUT2D eigenvalue weighted by atomic mass is 9.87. The molecule has 5 nitrogen and oxygen atoms in total. The second-order valence-electron chi connectivity index (χ2n) is 6.94. The minimum Gasteiger partial charge on any atom is -0.493 e. The third-order valence-corrected chi connectivity index (χ3v) is 4.27. The van der Waals surface area contributed by atoms with Gasteiger partial charge in [0.25, 0.3) is 5.56 Å². The molecule has 5 heteroatoms. The van der Waals surface area contributed by atoms with Crippen molar-refractivity contribution in [1.82, 2.24) is 9.55 Å². The Morgan fingerprint density at radius 3 is 2.12 bits per heavy atom. The van der Waals surface area contributed by atoms with E-state index in [1.54, 1.807) is 37.2 Å². The number of benzene rings is 2. The molecule has 0 saturated heterocycles. The molecular weight excluding hydrogens is 316 g/mol. The van der Waals surface area contributed by atoms with Gasteiger partial charge in [-0.15, -0.1) is 0 Å². The molecule has 0 amide bonds. The molecule has 0 aliphatic heterocycles. The highest BCUT2D eigenvalue weighted by molar-refractivity contribution is 5.82. The third kappa shape index (κ3) is 3.09. The van der Waals surface area contributed by atoms with Crippen molar-refractivity contribution >= 4 is 10.9 Å². The van der Waals surface area contributed by atoms with E-state index >= 15 is 0 Å². The Morgan fingerprint density at radius 2 is 1.56 bits per heavy atom. The summed E-state index contributed by atoms with van der Waals surface area (Å²) >= 11 is 0. The highest BCUT2D eigenvalue weighted by Crippen LogP contribution is 2.30. The topological polar surface area (TPSA) is 53.4 Å². The molecule has 3 aromatic rings. The fourth-order valence-electron chi connectivity index (χ4n) is 2.75. The van der Waals surface area contributed by atoms with Gasteiger partial charge < -0.3 is 9.47 Å². The first kappa shape index (κ1) is 17.0. The molecule has 3 rings (SSSR count). The Bertz CT molecular complexity index is 967. The van der Waals surface area contributed by atoms with Gasteiger partial charge in [-0.3, -0.25) is 9.36 Å². The number of hydrogen-bond donors (Lipinski definition) is 0. The second kappa shape index (κ2) is 6.24. The Kier molecular flexibility index (Phi) is 4.25. The molecule has 0 atom stereocenters. The zero-order chi connectivity index (χ0) is 18.2. The smallest absolute Gasteiger partial charge is 0.265 e. The quantitative estimate of drug-likeness (QED) is 0.731. The van der Waals surface area contributed by atoms with Crippen molar-refractivity contribution < 1.29 is 9.47 Å². The molecular formula is C20H22N2O3. The molecule has 0 aliphatic carbocycles. The fourth-order valence-corrected chi connectivity index (χ4v) is 2.75. The predicted molar refractivity (Wildman–Crippen MR) is 99.1 cm³/mol. The molecule has 0 radical (unpaired) electrons. The van der Waals surface area contributed by atoms with Crippen LogP contribution in [-0.2, 0) is 5.41 Å². The maximum Gasteiger partial charge on any atom is 0.265 e. The first-order valence-electron chi connectivity index (χ1n) is 8.09. The van der Waals surface area contributed by atoms with Crippen LogP contribution in [-0.4, -0.2) is 23.8 Å². The van der Waals surface area contributed by atoms with Crippen LogP contribution in [0.2, 0.25) is 0 Å². The standard InChI is InChI=1S/C20H22N2O3/c1-20(2,3)13-6-8-14(9-7-13)22-12-21-16-11-18(25-5)17(24-4)10-15(16)19(22)23/h6-12H,1-5H3. The van der Waals surface area contributed by atoms with Crippen LogP contribution in [0.4, 0.5) is 0 Å². The molecule has 25 heavy (non-hydrogen) atoms. The van der Waals surface area contributed by atoms with Gasteiger partial charge in [-0.05, 0) is 29.2 Å². The maximum atomic E-state index is 12.9. The van der Waals surface area contributed by atoms with Crippen LogP contribution < -0.4 is 15.0 Å². The maximum absolute atomic E-state index is 12.9. The van der Waals surface area contributed by atoms with Gasteiger partial charge in [-0.25, -0.2) is 4.98 Å². The minimum atomic E-state index is -0.144. The van der Waals surface area contributed by atoms with Crippen molar-refractivity contribution in [1.29, 1.82) is 0 Å². The van der Waals surface area contributed by atoms with E-state index in [1.165, 1.54) is 5.56 Å². The molecule has 0 unspecified atom stereocenters. The Morgan fingerprint density at radius 1 is 0.960 bits per heavy atom. The van der Waals surface area contributed by atoms with Crippen LogP contribution in [0.25, 0.3) is 16.6 Å². The van der Waals surface area contributed by atoms with Gasteiger partial charge in [0.2, 0.25) is 0 Å². The van der Waals surface area contributed by atoms with Crippen LogP contribution in [0.15, 0.2) is 47.5 Å². The lowest BCUT2D eigenvalue weighted by Gasteiger charge is -2.19. The summed E-state index contributed by atoms with van der Waals surface area (Å²) in [5.41, 5.74) is 2.49. The third-order valence-electron chi connectivity index (χ3n) is 4.27. The average Bonchev–Trinajstić information content (AvgIpc) is 2.60. The van der Waals surface area contributed by atoms with Gasteiger partial charge in [0.15, 0.2) is 11.5 Å². The predicted octanol–water partition coefficient (Wildman–Crippen LogP) is 3.70. The van der Waals surface area contributed by atoms with Gasteiger partial charge >= 0.3 is 0 Å². The molecule has 0 fully saturated rings. The second-order valence-corrected chi connectivity index (χ2v) is 6.94. The van der Waals surface area contributed by atoms with Crippen molar-refractivity contribution in [3.05, 3.63) is 58.6 Å². The van der Waals surface area contributed by atoms with E-state index in [2.05, 4.69) is 25.8 Å². The fraction of sp³-hybridized carbons (Fsp3) is 0.300. The highest BCUT2D eigenvalue weighted by atomic mass is 16.5. The van der Waals surface area contributed by atoms with Crippen molar-refractivity contribution in [2.75, 3.05) is 14.2 Å². The number of hydrogen-bond acceptors (Lipinski definition) is 4. The number of nitrogens with zero attached hydrogens (tertiary/aromatic N) is 2. The number of methoxy groups -OCH3 is 2. The van der Waals surface area contributed by atoms with Gasteiger partial charge in [0.1, 0.15) is 6.33 Å². The van der Waals surface area contributed by atoms with Crippen LogP contribution in [0.1, 0.15) is 26.3 Å². The molecule has 0 aliphatic rings. The van der Waals surface area contributed by atoms with E-state index in [-0.39, 0.29) is 11.0 Å². The monoisotopic (exact) mass is 338 g/mol. The SMILES string of the molecule is COc1cc2ncn(-c3ccc(C(C)(C)C)cc3)c(=O)c2cc1OC. The van der Waals surface area contributed by atoms with E-state index in [0.29, 0.717) is 22.4 Å². The number of rotatable bonds is 3. The summed E-state index contributed by atoms with van der Waals surface area (Å²) in [4.78, 5) is 17.3. The van der Waals surface area contributed by atoms with Crippen molar-refractivity contribution in [3.63, 3.8) is 0 Å². The lowest BCUT2D eigenvalue weighted by molar-refractivity contribution is 0.355. The zero-order valence-corrected chi connectivity index (χ0v) is 15.2. The van der Waals surface area contributed by atoms with Gasteiger partial charge in [-0.1, -0.05) is 32.9 Å². The molecule has 130 valence electrons. The minimum absolute atomic E-state index is 0.0645. The van der Waals surface area contributed by atoms with E-state index < -0.39 is 0 Å². The van der Waals surface area contributed by atoms with E-state index in [9.17, 15) is 4.79 Å². The summed E-state index contributed by atoms with van der Waals surface area (Å²) in [5, 5.41) is 0.486. The largest absolute Gasteiger partial charge is 0.493 e. The van der Waals surface area contributed by atoms with Crippen LogP contribution in [0, 0.1) is 0 Å². The van der Waals surface area contributed by atoms with Crippen LogP contribution in [0.3, 0.4) is 0 Å².